The minimum atomic E-state index is -0.195. The Balaban J connectivity index is 1.94. The number of carbonyl (C=O) groups excluding carboxylic acids is 1. The van der Waals surface area contributed by atoms with Crippen LogP contribution >= 0.6 is 0 Å². The molecule has 2 rings (SSSR count). The van der Waals surface area contributed by atoms with Gasteiger partial charge < -0.3 is 11.1 Å². The largest absolute Gasteiger partial charge is 0.382 e. The summed E-state index contributed by atoms with van der Waals surface area (Å²) in [6, 6.07) is 3.46. The van der Waals surface area contributed by atoms with Gasteiger partial charge in [-0.05, 0) is 12.0 Å². The molecule has 2 heterocycles. The first-order chi connectivity index (χ1) is 8.54. The first-order valence-corrected chi connectivity index (χ1v) is 5.68. The van der Waals surface area contributed by atoms with E-state index in [1.54, 1.807) is 12.3 Å². The summed E-state index contributed by atoms with van der Waals surface area (Å²) >= 11 is 0. The van der Waals surface area contributed by atoms with Crippen LogP contribution in [-0.2, 0) is 11.3 Å². The summed E-state index contributed by atoms with van der Waals surface area (Å²) in [5, 5.41) is 13.5. The van der Waals surface area contributed by atoms with E-state index in [-0.39, 0.29) is 12.5 Å². The number of aromatic nitrogens is 4. The second kappa shape index (κ2) is 4.91. The lowest BCUT2D eigenvalue weighted by atomic mass is 10.1. The molecular formula is C11H16N6O. The smallest absolute Gasteiger partial charge is 0.247 e. The van der Waals surface area contributed by atoms with Crippen molar-refractivity contribution in [1.82, 2.24) is 20.0 Å². The Morgan fingerprint density at radius 2 is 2.39 bits per heavy atom. The Hall–Kier alpha value is -2.31. The summed E-state index contributed by atoms with van der Waals surface area (Å²) in [5.41, 5.74) is 6.44. The molecule has 0 saturated carbocycles. The number of hydrogen-bond donors (Lipinski definition) is 3. The zero-order valence-electron chi connectivity index (χ0n) is 10.3. The molecule has 7 nitrogen and oxygen atoms in total. The molecule has 7 heteroatoms. The lowest BCUT2D eigenvalue weighted by Crippen LogP contribution is -2.19. The number of nitrogens with one attached hydrogen (secondary N) is 2. The molecule has 2 aromatic heterocycles. The lowest BCUT2D eigenvalue weighted by Gasteiger charge is -2.01. The molecule has 0 spiro atoms. The van der Waals surface area contributed by atoms with E-state index in [0.29, 0.717) is 17.6 Å². The fraction of sp³-hybridized carbons (Fsp3) is 0.364. The fourth-order valence-corrected chi connectivity index (χ4v) is 1.49. The number of nitrogen functional groups attached to an aromatic ring is 1. The van der Waals surface area contributed by atoms with E-state index in [1.165, 1.54) is 4.68 Å². The first-order valence-electron chi connectivity index (χ1n) is 5.68. The number of aromatic amines is 1. The van der Waals surface area contributed by atoms with Gasteiger partial charge in [0.25, 0.3) is 0 Å². The number of amides is 1. The summed E-state index contributed by atoms with van der Waals surface area (Å²) in [6.07, 6.45) is 1.65. The van der Waals surface area contributed by atoms with Gasteiger partial charge in [0.05, 0.1) is 0 Å². The van der Waals surface area contributed by atoms with Crippen LogP contribution in [0.5, 0.6) is 0 Å². The number of hydrogen-bond acceptors (Lipinski definition) is 4. The van der Waals surface area contributed by atoms with Gasteiger partial charge in [-0.3, -0.25) is 14.6 Å². The molecule has 1 amide bonds. The van der Waals surface area contributed by atoms with Crippen LogP contribution in [-0.4, -0.2) is 25.9 Å². The zero-order valence-corrected chi connectivity index (χ0v) is 10.3. The van der Waals surface area contributed by atoms with Crippen LogP contribution in [0, 0.1) is 0 Å². The van der Waals surface area contributed by atoms with Crippen molar-refractivity contribution in [3.63, 3.8) is 0 Å². The molecule has 0 aliphatic rings. The topological polar surface area (TPSA) is 102 Å². The molecule has 0 aliphatic carbocycles. The highest BCUT2D eigenvalue weighted by atomic mass is 16.2. The van der Waals surface area contributed by atoms with E-state index in [0.717, 1.165) is 5.69 Å². The summed E-state index contributed by atoms with van der Waals surface area (Å²) in [4.78, 5) is 11.7. The Labute approximate surface area is 104 Å². The number of rotatable bonds is 4. The van der Waals surface area contributed by atoms with E-state index in [9.17, 15) is 4.79 Å². The maximum atomic E-state index is 11.7. The van der Waals surface area contributed by atoms with Crippen molar-refractivity contribution >= 4 is 17.5 Å². The van der Waals surface area contributed by atoms with Gasteiger partial charge >= 0.3 is 0 Å². The Morgan fingerprint density at radius 3 is 2.94 bits per heavy atom. The van der Waals surface area contributed by atoms with Crippen LogP contribution in [0.25, 0.3) is 0 Å². The van der Waals surface area contributed by atoms with Crippen molar-refractivity contribution in [2.45, 2.75) is 26.3 Å². The zero-order chi connectivity index (χ0) is 13.1. The lowest BCUT2D eigenvalue weighted by molar-refractivity contribution is -0.116. The van der Waals surface area contributed by atoms with E-state index in [4.69, 9.17) is 5.73 Å². The van der Waals surface area contributed by atoms with Gasteiger partial charge in [0.1, 0.15) is 12.4 Å². The number of nitrogens with two attached hydrogens (primary N) is 1. The van der Waals surface area contributed by atoms with Crippen LogP contribution in [0.3, 0.4) is 0 Å². The molecule has 96 valence electrons. The first kappa shape index (κ1) is 12.2. The fourth-order valence-electron chi connectivity index (χ4n) is 1.49. The normalized spacial score (nSPS) is 10.8. The van der Waals surface area contributed by atoms with Crippen LogP contribution in [0.1, 0.15) is 25.5 Å². The highest BCUT2D eigenvalue weighted by molar-refractivity contribution is 5.89. The maximum Gasteiger partial charge on any atom is 0.247 e. The van der Waals surface area contributed by atoms with Gasteiger partial charge in [0.15, 0.2) is 5.82 Å². The third-order valence-electron chi connectivity index (χ3n) is 2.45. The van der Waals surface area contributed by atoms with Crippen molar-refractivity contribution in [1.29, 1.82) is 0 Å². The number of carbonyl (C=O) groups is 1. The molecule has 0 atom stereocenters. The summed E-state index contributed by atoms with van der Waals surface area (Å²) < 4.78 is 1.47. The van der Waals surface area contributed by atoms with Crippen molar-refractivity contribution in [2.75, 3.05) is 11.1 Å². The standard InChI is InChI=1S/C11H16N6O/c1-7(2)8-5-10(15-14-8)13-11(18)6-17-4-3-9(12)16-17/h3-5,7H,6H2,1-2H3,(H2,12,16)(H2,13,14,15,18). The maximum absolute atomic E-state index is 11.7. The molecule has 4 N–H and O–H groups in total. The Kier molecular flexibility index (Phi) is 3.31. The molecule has 0 saturated heterocycles. The van der Waals surface area contributed by atoms with E-state index in [2.05, 4.69) is 20.6 Å². The highest BCUT2D eigenvalue weighted by Gasteiger charge is 2.08. The minimum Gasteiger partial charge on any atom is -0.382 e. The van der Waals surface area contributed by atoms with Crippen LogP contribution in [0.15, 0.2) is 18.3 Å². The second-order valence-electron chi connectivity index (χ2n) is 4.35. The molecular weight excluding hydrogens is 232 g/mol. The Morgan fingerprint density at radius 1 is 1.61 bits per heavy atom. The monoisotopic (exact) mass is 248 g/mol. The summed E-state index contributed by atoms with van der Waals surface area (Å²) in [6.45, 7) is 4.21. The summed E-state index contributed by atoms with van der Waals surface area (Å²) in [7, 11) is 0. The van der Waals surface area contributed by atoms with Gasteiger partial charge in [-0.2, -0.15) is 10.2 Å². The molecule has 0 radical (unpaired) electrons. The average molecular weight is 248 g/mol. The molecule has 2 aromatic rings. The molecule has 0 aromatic carbocycles. The molecule has 0 aliphatic heterocycles. The third-order valence-corrected chi connectivity index (χ3v) is 2.45. The van der Waals surface area contributed by atoms with Crippen LogP contribution < -0.4 is 11.1 Å². The molecule has 0 fully saturated rings. The third kappa shape index (κ3) is 2.88. The van der Waals surface area contributed by atoms with Gasteiger partial charge in [-0.1, -0.05) is 13.8 Å². The van der Waals surface area contributed by atoms with Gasteiger partial charge in [-0.15, -0.1) is 0 Å². The number of H-pyrrole nitrogens is 1. The quantitative estimate of drug-likeness (QED) is 0.749. The average Bonchev–Trinajstić information content (AvgIpc) is 2.88. The van der Waals surface area contributed by atoms with Gasteiger partial charge in [0, 0.05) is 18.0 Å². The van der Waals surface area contributed by atoms with E-state index >= 15 is 0 Å². The Bertz CT molecular complexity index is 541. The second-order valence-corrected chi connectivity index (χ2v) is 4.35. The van der Waals surface area contributed by atoms with Crippen molar-refractivity contribution < 1.29 is 4.79 Å². The van der Waals surface area contributed by atoms with E-state index in [1.807, 2.05) is 19.9 Å². The van der Waals surface area contributed by atoms with Gasteiger partial charge in [-0.25, -0.2) is 0 Å². The summed E-state index contributed by atoms with van der Waals surface area (Å²) in [5.74, 6) is 1.06. The number of anilines is 2. The SMILES string of the molecule is CC(C)c1cc(NC(=O)Cn2ccc(N)n2)n[nH]1. The van der Waals surface area contributed by atoms with Crippen LogP contribution in [0.2, 0.25) is 0 Å². The molecule has 0 unspecified atom stereocenters. The molecule has 0 bridgehead atoms. The predicted molar refractivity (Wildman–Crippen MR) is 67.9 cm³/mol. The van der Waals surface area contributed by atoms with Gasteiger partial charge in [0.2, 0.25) is 5.91 Å². The number of nitrogens with zero attached hydrogens (tertiary/aromatic N) is 3. The minimum absolute atomic E-state index is 0.112. The predicted octanol–water partition coefficient (Wildman–Crippen LogP) is 0.950. The van der Waals surface area contributed by atoms with Crippen LogP contribution in [0.4, 0.5) is 11.6 Å². The van der Waals surface area contributed by atoms with E-state index < -0.39 is 0 Å². The molecule has 18 heavy (non-hydrogen) atoms. The van der Waals surface area contributed by atoms with Crippen molar-refractivity contribution in [2.24, 2.45) is 0 Å². The van der Waals surface area contributed by atoms with Crippen molar-refractivity contribution in [3.8, 4) is 0 Å². The highest BCUT2D eigenvalue weighted by Crippen LogP contribution is 2.14. The van der Waals surface area contributed by atoms with Crippen molar-refractivity contribution in [3.05, 3.63) is 24.0 Å².